The number of carbonyl (C=O) groups is 4. The molecule has 0 saturated carbocycles. The van der Waals surface area contributed by atoms with Crippen molar-refractivity contribution >= 4 is 41.0 Å². The number of benzene rings is 4. The lowest BCUT2D eigenvalue weighted by Gasteiger charge is -2.21. The summed E-state index contributed by atoms with van der Waals surface area (Å²) in [7, 11) is 0. The van der Waals surface area contributed by atoms with E-state index in [0.717, 1.165) is 11.1 Å². The van der Waals surface area contributed by atoms with Crippen molar-refractivity contribution in [1.82, 2.24) is 10.6 Å². The number of nitrogens with one attached hydrogen (secondary N) is 3. The van der Waals surface area contributed by atoms with Gasteiger partial charge in [-0.15, -0.1) is 0 Å². The van der Waals surface area contributed by atoms with E-state index in [4.69, 9.17) is 45.5 Å². The van der Waals surface area contributed by atoms with Crippen LogP contribution in [0.2, 0.25) is 0 Å². The largest absolute Gasteiger partial charge is 0.370 e. The molecule has 0 heterocycles. The third kappa shape index (κ3) is 14.3. The Morgan fingerprint density at radius 2 is 0.900 bits per heavy atom. The molecule has 16 nitrogen and oxygen atoms in total. The number of nitrogens with zero attached hydrogens (tertiary/aromatic N) is 2. The molecule has 0 spiro atoms. The Bertz CT molecular complexity index is 2100. The van der Waals surface area contributed by atoms with Crippen molar-refractivity contribution in [3.05, 3.63) is 143 Å². The molecule has 5 atom stereocenters. The third-order valence-electron chi connectivity index (χ3n) is 9.79. The first-order valence-corrected chi connectivity index (χ1v) is 19.7. The van der Waals surface area contributed by atoms with Gasteiger partial charge in [0.1, 0.15) is 0 Å². The Kier molecular flexibility index (Phi) is 17.6. The number of ketones is 2. The number of rotatable bonds is 23. The van der Waals surface area contributed by atoms with Crippen molar-refractivity contribution in [1.29, 1.82) is 5.41 Å². The summed E-state index contributed by atoms with van der Waals surface area (Å²) in [6.45, 7) is 0.647. The second-order valence-electron chi connectivity index (χ2n) is 14.4. The highest BCUT2D eigenvalue weighted by Crippen LogP contribution is 2.20. The van der Waals surface area contributed by atoms with Crippen LogP contribution in [0.3, 0.4) is 0 Å². The van der Waals surface area contributed by atoms with Gasteiger partial charge < -0.3 is 56.2 Å². The maximum Gasteiger partial charge on any atom is 0.237 e. The Balaban J connectivity index is 1.44. The van der Waals surface area contributed by atoms with Gasteiger partial charge in [0.15, 0.2) is 23.5 Å². The minimum absolute atomic E-state index is 0.0440. The van der Waals surface area contributed by atoms with Gasteiger partial charge in [-0.1, -0.05) is 109 Å². The summed E-state index contributed by atoms with van der Waals surface area (Å²) in [6, 6.07) is 27.2. The van der Waals surface area contributed by atoms with Crippen molar-refractivity contribution < 1.29 is 19.2 Å². The highest BCUT2D eigenvalue weighted by molar-refractivity contribution is 6.06. The van der Waals surface area contributed by atoms with Gasteiger partial charge in [0.25, 0.3) is 0 Å². The fourth-order valence-electron chi connectivity index (χ4n) is 6.39. The van der Waals surface area contributed by atoms with Crippen LogP contribution < -0.4 is 50.8 Å². The standard InChI is InChI=1S/C44H56N12O4/c45-33(13-7-23-53-43(49)50)41(59)55-35(25-27-9-3-1-4-10-27)39(57)31-19-15-29(16-20-31)37(47)38(48)30-17-21-32(22-18-30)40(58)36(26-28-11-5-2-6-12-28)56-42(60)34(46)14-8-24-54-44(51)52/h1-6,9-12,15-22,33-37,48H,7-8,13-14,23-26,45-47H2,(H,55,59)(H,56,60)(H4,49,50,53)(H4,51,52,54)/t33-,34-,35-,36-,37?/m0/s1. The van der Waals surface area contributed by atoms with Crippen LogP contribution in [0, 0.1) is 5.41 Å². The molecule has 1 unspecified atom stereocenters. The fraction of sp³-hybridized carbons (Fsp3) is 0.295. The van der Waals surface area contributed by atoms with E-state index in [1.165, 1.54) is 0 Å². The van der Waals surface area contributed by atoms with Gasteiger partial charge in [0.05, 0.1) is 35.9 Å². The minimum Gasteiger partial charge on any atom is -0.370 e. The van der Waals surface area contributed by atoms with Crippen LogP contribution in [0.5, 0.6) is 0 Å². The van der Waals surface area contributed by atoms with E-state index in [0.29, 0.717) is 61.0 Å². The predicted octanol–water partition coefficient (Wildman–Crippen LogP) is 1.34. The smallest absolute Gasteiger partial charge is 0.237 e. The van der Waals surface area contributed by atoms with Gasteiger partial charge in [-0.25, -0.2) is 0 Å². The molecule has 2 amide bonds. The van der Waals surface area contributed by atoms with Crippen LogP contribution >= 0.6 is 0 Å². The Hall–Kier alpha value is -6.75. The second-order valence-corrected chi connectivity index (χ2v) is 14.4. The fourth-order valence-corrected chi connectivity index (χ4v) is 6.39. The van der Waals surface area contributed by atoms with Crippen LogP contribution in [-0.2, 0) is 22.4 Å². The number of hydrogen-bond donors (Lipinski definition) is 10. The molecule has 0 aromatic heterocycles. The molecule has 17 N–H and O–H groups in total. The summed E-state index contributed by atoms with van der Waals surface area (Å²) in [5.41, 5.74) is 43.8. The second kappa shape index (κ2) is 23.0. The van der Waals surface area contributed by atoms with E-state index in [2.05, 4.69) is 20.6 Å². The minimum atomic E-state index is -0.906. The molecule has 4 aromatic rings. The maximum absolute atomic E-state index is 13.8. The monoisotopic (exact) mass is 816 g/mol. The number of hydrogen-bond acceptors (Lipinski definition) is 10. The zero-order chi connectivity index (χ0) is 43.6. The van der Waals surface area contributed by atoms with E-state index in [1.54, 1.807) is 48.5 Å². The van der Waals surface area contributed by atoms with Crippen molar-refractivity contribution in [3.63, 3.8) is 0 Å². The molecular weight excluding hydrogens is 761 g/mol. The maximum atomic E-state index is 13.8. The topological polar surface area (TPSA) is 323 Å². The molecule has 60 heavy (non-hydrogen) atoms. The van der Waals surface area contributed by atoms with Crippen molar-refractivity contribution in [2.45, 2.75) is 68.7 Å². The number of aliphatic imine (C=N–C) groups is 2. The number of Topliss-reactive ketones (excluding diaryl/α,β-unsaturated/α-hetero) is 2. The van der Waals surface area contributed by atoms with Crippen LogP contribution in [0.1, 0.15) is 74.7 Å². The van der Waals surface area contributed by atoms with Crippen LogP contribution in [0.15, 0.2) is 119 Å². The van der Waals surface area contributed by atoms with Crippen LogP contribution in [0.4, 0.5) is 0 Å². The number of carbonyl (C=O) groups excluding carboxylic acids is 4. The zero-order valence-corrected chi connectivity index (χ0v) is 33.5. The SMILES string of the molecule is N=C(c1ccc(C(=O)[C@H](Cc2ccccc2)NC(=O)[C@@H](N)CCCN=C(N)N)cc1)C(N)c1ccc(C(=O)[C@H](Cc2ccccc2)NC(=O)[C@@H](N)CCCN=C(N)N)cc1. The van der Waals surface area contributed by atoms with Crippen molar-refractivity contribution in [3.8, 4) is 0 Å². The van der Waals surface area contributed by atoms with Gasteiger partial charge in [0, 0.05) is 37.1 Å². The third-order valence-corrected chi connectivity index (χ3v) is 9.79. The Labute approximate surface area is 350 Å². The average molecular weight is 817 g/mol. The molecule has 4 aromatic carbocycles. The lowest BCUT2D eigenvalue weighted by Crippen LogP contribution is -2.49. The summed E-state index contributed by atoms with van der Waals surface area (Å²) in [6.07, 6.45) is 2.08. The van der Waals surface area contributed by atoms with Gasteiger partial charge in [-0.3, -0.25) is 29.2 Å². The molecule has 0 fully saturated rings. The summed E-state index contributed by atoms with van der Waals surface area (Å²) < 4.78 is 0. The quantitative estimate of drug-likeness (QED) is 0.0220. The van der Waals surface area contributed by atoms with Crippen LogP contribution in [-0.4, -0.2) is 78.3 Å². The number of amides is 2. The predicted molar refractivity (Wildman–Crippen MR) is 235 cm³/mol. The number of guanidine groups is 2. The van der Waals surface area contributed by atoms with Crippen LogP contribution in [0.25, 0.3) is 0 Å². The van der Waals surface area contributed by atoms with E-state index in [-0.39, 0.29) is 42.0 Å². The van der Waals surface area contributed by atoms with Gasteiger partial charge in [-0.05, 0) is 47.9 Å². The molecular formula is C44H56N12O4. The Morgan fingerprint density at radius 1 is 0.533 bits per heavy atom. The van der Waals surface area contributed by atoms with E-state index < -0.39 is 42.0 Å². The van der Waals surface area contributed by atoms with Crippen molar-refractivity contribution in [2.24, 2.45) is 50.1 Å². The first-order chi connectivity index (χ1) is 28.7. The lowest BCUT2D eigenvalue weighted by molar-refractivity contribution is -0.123. The first-order valence-electron chi connectivity index (χ1n) is 19.7. The first kappa shape index (κ1) is 45.9. The molecule has 4 rings (SSSR count). The zero-order valence-electron chi connectivity index (χ0n) is 33.5. The molecule has 0 radical (unpaired) electrons. The summed E-state index contributed by atoms with van der Waals surface area (Å²) in [5.74, 6) is -1.67. The van der Waals surface area contributed by atoms with Gasteiger partial charge in [-0.2, -0.15) is 0 Å². The highest BCUT2D eigenvalue weighted by atomic mass is 16.2. The Morgan fingerprint density at radius 3 is 1.28 bits per heavy atom. The molecule has 0 saturated heterocycles. The molecule has 16 heteroatoms. The van der Waals surface area contributed by atoms with E-state index >= 15 is 0 Å². The van der Waals surface area contributed by atoms with E-state index in [9.17, 15) is 19.2 Å². The molecule has 0 aliphatic heterocycles. The summed E-state index contributed by atoms with van der Waals surface area (Å²) >= 11 is 0. The number of nitrogens with two attached hydrogens (primary N) is 7. The molecule has 0 aliphatic rings. The molecule has 316 valence electrons. The normalized spacial score (nSPS) is 13.4. The molecule has 0 bridgehead atoms. The van der Waals surface area contributed by atoms with Gasteiger partial charge >= 0.3 is 0 Å². The lowest BCUT2D eigenvalue weighted by atomic mass is 9.92. The van der Waals surface area contributed by atoms with Crippen molar-refractivity contribution in [2.75, 3.05) is 13.1 Å². The average Bonchev–Trinajstić information content (AvgIpc) is 3.25. The van der Waals surface area contributed by atoms with E-state index in [1.807, 2.05) is 60.7 Å². The summed E-state index contributed by atoms with van der Waals surface area (Å²) in [4.78, 5) is 61.7. The summed E-state index contributed by atoms with van der Waals surface area (Å²) in [5, 5.41) is 14.6. The molecule has 0 aliphatic carbocycles. The highest BCUT2D eigenvalue weighted by Gasteiger charge is 2.27. The van der Waals surface area contributed by atoms with Gasteiger partial charge in [0.2, 0.25) is 11.8 Å².